The predicted octanol–water partition coefficient (Wildman–Crippen LogP) is 1.81. The van der Waals surface area contributed by atoms with Crippen LogP contribution in [-0.2, 0) is 0 Å². The van der Waals surface area contributed by atoms with Crippen molar-refractivity contribution in [1.82, 2.24) is 10.2 Å². The molecule has 0 aromatic rings. The number of hydrogen-bond donors (Lipinski definition) is 2. The number of nitrogens with one attached hydrogen (secondary N) is 1. The smallest absolute Gasteiger partial charge is 0.252 e. The van der Waals surface area contributed by atoms with E-state index in [1.807, 2.05) is 0 Å². The van der Waals surface area contributed by atoms with Gasteiger partial charge in [0.25, 0.3) is 5.92 Å². The van der Waals surface area contributed by atoms with Crippen molar-refractivity contribution in [3.8, 4) is 0 Å². The number of hydrogen-bond acceptors (Lipinski definition) is 2. The van der Waals surface area contributed by atoms with Crippen LogP contribution in [0, 0.1) is 5.92 Å². The van der Waals surface area contributed by atoms with Crippen LogP contribution in [0.15, 0.2) is 4.99 Å². The number of likely N-dealkylation sites (N-methyl/N-ethyl adjacent to an activating group) is 1. The van der Waals surface area contributed by atoms with Crippen molar-refractivity contribution in [2.24, 2.45) is 16.6 Å². The number of rotatable bonds is 5. The van der Waals surface area contributed by atoms with Crippen molar-refractivity contribution in [2.75, 3.05) is 26.2 Å². The fraction of sp³-hybridized carbons (Fsp3) is 0.929. The maximum absolute atomic E-state index is 13.5. The van der Waals surface area contributed by atoms with E-state index in [-0.39, 0.29) is 13.0 Å². The second kappa shape index (κ2) is 6.70. The minimum absolute atomic E-state index is 0.00590. The number of aliphatic imine (C=N–C) groups is 1. The molecular formula is C14H26F2N4. The number of alkyl halides is 2. The van der Waals surface area contributed by atoms with Crippen molar-refractivity contribution in [3.63, 3.8) is 0 Å². The number of nitrogens with two attached hydrogens (primary N) is 1. The lowest BCUT2D eigenvalue weighted by molar-refractivity contribution is -0.0330. The Balaban J connectivity index is 1.74. The van der Waals surface area contributed by atoms with E-state index in [2.05, 4.69) is 22.1 Å². The van der Waals surface area contributed by atoms with Crippen LogP contribution in [-0.4, -0.2) is 49.0 Å². The monoisotopic (exact) mass is 288 g/mol. The molecule has 1 heterocycles. The first-order valence-electron chi connectivity index (χ1n) is 7.68. The molecule has 116 valence electrons. The molecule has 1 saturated carbocycles. The molecule has 2 rings (SSSR count). The highest BCUT2D eigenvalue weighted by atomic mass is 19.3. The third kappa shape index (κ3) is 3.81. The zero-order valence-electron chi connectivity index (χ0n) is 12.2. The van der Waals surface area contributed by atoms with Crippen molar-refractivity contribution >= 4 is 5.96 Å². The van der Waals surface area contributed by atoms with E-state index in [0.29, 0.717) is 24.8 Å². The van der Waals surface area contributed by atoms with Crippen LogP contribution >= 0.6 is 0 Å². The topological polar surface area (TPSA) is 53.6 Å². The molecule has 1 aliphatic carbocycles. The molecule has 6 heteroatoms. The van der Waals surface area contributed by atoms with E-state index in [9.17, 15) is 8.78 Å². The van der Waals surface area contributed by atoms with Gasteiger partial charge in [0, 0.05) is 24.9 Å². The van der Waals surface area contributed by atoms with Gasteiger partial charge in [0.05, 0.1) is 6.54 Å². The molecule has 4 nitrogen and oxygen atoms in total. The molecule has 2 fully saturated rings. The molecule has 0 amide bonds. The maximum Gasteiger partial charge on any atom is 0.252 e. The quantitative estimate of drug-likeness (QED) is 0.599. The summed E-state index contributed by atoms with van der Waals surface area (Å²) >= 11 is 0. The van der Waals surface area contributed by atoms with Gasteiger partial charge in [-0.1, -0.05) is 6.92 Å². The van der Waals surface area contributed by atoms with Crippen LogP contribution in [0.1, 0.15) is 39.0 Å². The van der Waals surface area contributed by atoms with Crippen LogP contribution in [0.3, 0.4) is 0 Å². The average molecular weight is 288 g/mol. The molecule has 0 bridgehead atoms. The summed E-state index contributed by atoms with van der Waals surface area (Å²) in [4.78, 5) is 6.51. The van der Waals surface area contributed by atoms with E-state index < -0.39 is 11.8 Å². The summed E-state index contributed by atoms with van der Waals surface area (Å²) in [5, 5.41) is 3.08. The van der Waals surface area contributed by atoms with Gasteiger partial charge in [-0.15, -0.1) is 0 Å². The molecule has 2 unspecified atom stereocenters. The Morgan fingerprint density at radius 3 is 2.85 bits per heavy atom. The summed E-state index contributed by atoms with van der Waals surface area (Å²) < 4.78 is 26.9. The average Bonchev–Trinajstić information content (AvgIpc) is 2.99. The van der Waals surface area contributed by atoms with E-state index in [1.165, 1.54) is 6.42 Å². The van der Waals surface area contributed by atoms with Crippen molar-refractivity contribution < 1.29 is 8.78 Å². The van der Waals surface area contributed by atoms with E-state index >= 15 is 0 Å². The second-order valence-corrected chi connectivity index (χ2v) is 5.88. The predicted molar refractivity (Wildman–Crippen MR) is 77.0 cm³/mol. The Hall–Kier alpha value is -0.910. The molecule has 20 heavy (non-hydrogen) atoms. The summed E-state index contributed by atoms with van der Waals surface area (Å²) in [6, 6.07) is 0.488. The van der Waals surface area contributed by atoms with E-state index in [4.69, 9.17) is 5.73 Å². The Bertz CT molecular complexity index is 346. The van der Waals surface area contributed by atoms with Crippen LogP contribution in [0.5, 0.6) is 0 Å². The Morgan fingerprint density at radius 1 is 1.40 bits per heavy atom. The number of nitrogens with zero attached hydrogens (tertiary/aromatic N) is 2. The lowest BCUT2D eigenvalue weighted by atomic mass is 10.1. The second-order valence-electron chi connectivity index (χ2n) is 5.88. The fourth-order valence-electron chi connectivity index (χ4n) is 3.25. The first-order chi connectivity index (χ1) is 9.53. The maximum atomic E-state index is 13.5. The third-order valence-corrected chi connectivity index (χ3v) is 4.57. The fourth-order valence-corrected chi connectivity index (χ4v) is 3.25. The molecule has 1 saturated heterocycles. The lowest BCUT2D eigenvalue weighted by Gasteiger charge is -2.23. The van der Waals surface area contributed by atoms with Gasteiger partial charge >= 0.3 is 0 Å². The van der Waals surface area contributed by atoms with Crippen LogP contribution < -0.4 is 11.1 Å². The van der Waals surface area contributed by atoms with Gasteiger partial charge in [-0.25, -0.2) is 8.78 Å². The van der Waals surface area contributed by atoms with Gasteiger partial charge < -0.3 is 11.1 Å². The van der Waals surface area contributed by atoms with Crippen molar-refractivity contribution in [1.29, 1.82) is 0 Å². The molecule has 1 aliphatic heterocycles. The molecule has 0 aromatic carbocycles. The van der Waals surface area contributed by atoms with Crippen LogP contribution in [0.25, 0.3) is 0 Å². The zero-order valence-corrected chi connectivity index (χ0v) is 12.2. The summed E-state index contributed by atoms with van der Waals surface area (Å²) in [6.45, 7) is 5.21. The summed E-state index contributed by atoms with van der Waals surface area (Å²) in [7, 11) is 0. The van der Waals surface area contributed by atoms with Gasteiger partial charge in [0.2, 0.25) is 0 Å². The first-order valence-corrected chi connectivity index (χ1v) is 7.68. The van der Waals surface area contributed by atoms with Gasteiger partial charge in [-0.3, -0.25) is 9.89 Å². The molecule has 0 radical (unpaired) electrons. The SMILES string of the molecule is CCN1CCCC1CNC(N)=NCC1CCCC1(F)F. The van der Waals surface area contributed by atoms with Gasteiger partial charge in [-0.2, -0.15) is 0 Å². The molecule has 0 aromatic heterocycles. The molecule has 0 spiro atoms. The highest BCUT2D eigenvalue weighted by Crippen LogP contribution is 2.40. The van der Waals surface area contributed by atoms with E-state index in [0.717, 1.165) is 26.1 Å². The summed E-state index contributed by atoms with van der Waals surface area (Å²) in [6.07, 6.45) is 3.51. The number of likely N-dealkylation sites (tertiary alicyclic amines) is 1. The summed E-state index contributed by atoms with van der Waals surface area (Å²) in [5.74, 6) is -2.90. The molecule has 3 N–H and O–H groups in total. The summed E-state index contributed by atoms with van der Waals surface area (Å²) in [5.41, 5.74) is 5.78. The van der Waals surface area contributed by atoms with Crippen molar-refractivity contribution in [3.05, 3.63) is 0 Å². The van der Waals surface area contributed by atoms with E-state index in [1.54, 1.807) is 0 Å². The third-order valence-electron chi connectivity index (χ3n) is 4.57. The lowest BCUT2D eigenvalue weighted by Crippen LogP contribution is -2.43. The Morgan fingerprint density at radius 2 is 2.20 bits per heavy atom. The minimum Gasteiger partial charge on any atom is -0.370 e. The number of guanidine groups is 1. The molecule has 2 aliphatic rings. The minimum atomic E-state index is -2.56. The Labute approximate surface area is 119 Å². The van der Waals surface area contributed by atoms with Gasteiger partial charge in [0.1, 0.15) is 0 Å². The normalized spacial score (nSPS) is 30.9. The molecular weight excluding hydrogens is 262 g/mol. The van der Waals surface area contributed by atoms with Gasteiger partial charge in [0.15, 0.2) is 5.96 Å². The number of halogens is 2. The first kappa shape index (κ1) is 15.5. The molecule has 2 atom stereocenters. The van der Waals surface area contributed by atoms with Gasteiger partial charge in [-0.05, 0) is 38.8 Å². The van der Waals surface area contributed by atoms with Crippen LogP contribution in [0.2, 0.25) is 0 Å². The largest absolute Gasteiger partial charge is 0.370 e. The zero-order chi connectivity index (χ0) is 14.6. The van der Waals surface area contributed by atoms with Crippen molar-refractivity contribution in [2.45, 2.75) is 51.0 Å². The van der Waals surface area contributed by atoms with Crippen LogP contribution in [0.4, 0.5) is 8.78 Å². The standard InChI is InChI=1S/C14H26F2N4/c1-2-20-8-4-6-12(20)10-19-13(17)18-9-11-5-3-7-14(11,15)16/h11-12H,2-10H2,1H3,(H3,17,18,19). The highest BCUT2D eigenvalue weighted by Gasteiger charge is 2.43. The highest BCUT2D eigenvalue weighted by molar-refractivity contribution is 5.77. The Kier molecular flexibility index (Phi) is 5.18.